The van der Waals surface area contributed by atoms with Gasteiger partial charge in [0.1, 0.15) is 11.2 Å². The molecule has 0 rings (SSSR count). The normalized spacial score (nSPS) is 12.9. The van der Waals surface area contributed by atoms with Crippen LogP contribution in [0.1, 0.15) is 27.7 Å². The third-order valence-corrected chi connectivity index (χ3v) is 2.95. The van der Waals surface area contributed by atoms with Crippen molar-refractivity contribution in [1.29, 1.82) is 0 Å². The summed E-state index contributed by atoms with van der Waals surface area (Å²) in [6.45, 7) is 5.89. The van der Waals surface area contributed by atoms with Gasteiger partial charge in [-0.25, -0.2) is 0 Å². The number of rotatable bonds is 4. The molecule has 0 saturated carbocycles. The first-order chi connectivity index (χ1) is 8.62. The molecule has 0 aromatic rings. The zero-order chi connectivity index (χ0) is 16.2. The van der Waals surface area contributed by atoms with Crippen molar-refractivity contribution in [3.8, 4) is 23.7 Å². The molecule has 0 aliphatic heterocycles. The summed E-state index contributed by atoms with van der Waals surface area (Å²) in [5, 5.41) is 0. The molecule has 0 bridgehead atoms. The predicted octanol–water partition coefficient (Wildman–Crippen LogP) is 0.503. The van der Waals surface area contributed by atoms with Gasteiger partial charge in [0.25, 0.3) is 20.2 Å². The summed E-state index contributed by atoms with van der Waals surface area (Å²) in [5.41, 5.74) is -2.44. The predicted molar refractivity (Wildman–Crippen MR) is 75.6 cm³/mol. The quantitative estimate of drug-likeness (QED) is 0.553. The maximum Gasteiger partial charge on any atom is 0.265 e. The van der Waals surface area contributed by atoms with E-state index in [0.29, 0.717) is 0 Å². The van der Waals surface area contributed by atoms with Crippen molar-refractivity contribution in [2.45, 2.75) is 38.9 Å². The van der Waals surface area contributed by atoms with Gasteiger partial charge in [0.15, 0.2) is 0 Å². The van der Waals surface area contributed by atoms with Crippen LogP contribution in [0.25, 0.3) is 0 Å². The van der Waals surface area contributed by atoms with Crippen molar-refractivity contribution >= 4 is 20.2 Å². The second-order valence-corrected chi connectivity index (χ2v) is 8.25. The maximum absolute atomic E-state index is 11.0. The van der Waals surface area contributed by atoms with Crippen molar-refractivity contribution in [1.82, 2.24) is 0 Å². The van der Waals surface area contributed by atoms with E-state index in [2.05, 4.69) is 23.7 Å². The van der Waals surface area contributed by atoms with Crippen molar-refractivity contribution in [3.63, 3.8) is 0 Å². The molecule has 0 fully saturated rings. The van der Waals surface area contributed by atoms with E-state index >= 15 is 0 Å². The lowest BCUT2D eigenvalue weighted by molar-refractivity contribution is 0.181. The van der Waals surface area contributed by atoms with Gasteiger partial charge in [-0.15, -0.1) is 0 Å². The summed E-state index contributed by atoms with van der Waals surface area (Å²) >= 11 is 0. The van der Waals surface area contributed by atoms with Gasteiger partial charge in [0.05, 0.1) is 12.5 Å². The van der Waals surface area contributed by atoms with Gasteiger partial charge in [-0.1, -0.05) is 11.8 Å². The van der Waals surface area contributed by atoms with Gasteiger partial charge >= 0.3 is 0 Å². The molecule has 0 saturated heterocycles. The van der Waals surface area contributed by atoms with Gasteiger partial charge in [0, 0.05) is 0 Å². The first kappa shape index (κ1) is 18.9. The molecule has 0 amide bonds. The topological polar surface area (TPSA) is 86.7 Å². The monoisotopic (exact) mass is 322 g/mol. The van der Waals surface area contributed by atoms with Crippen LogP contribution in [-0.2, 0) is 28.6 Å². The smallest absolute Gasteiger partial charge is 0.251 e. The summed E-state index contributed by atoms with van der Waals surface area (Å²) in [5.74, 6) is 9.87. The molecule has 0 heterocycles. The van der Waals surface area contributed by atoms with E-state index in [9.17, 15) is 16.8 Å². The fourth-order valence-corrected chi connectivity index (χ4v) is 2.76. The van der Waals surface area contributed by atoms with Crippen molar-refractivity contribution in [2.75, 3.05) is 12.5 Å². The zero-order valence-electron chi connectivity index (χ0n) is 12.3. The molecule has 8 heteroatoms. The van der Waals surface area contributed by atoms with Gasteiger partial charge in [-0.2, -0.15) is 16.8 Å². The van der Waals surface area contributed by atoms with Crippen LogP contribution in [0.5, 0.6) is 0 Å². The minimum Gasteiger partial charge on any atom is -0.251 e. The highest BCUT2D eigenvalue weighted by molar-refractivity contribution is 7.86. The molecule has 0 aromatic heterocycles. The molecular weight excluding hydrogens is 304 g/mol. The Hall–Kier alpha value is -1.06. The Kier molecular flexibility index (Phi) is 5.82. The van der Waals surface area contributed by atoms with E-state index < -0.39 is 31.4 Å². The first-order valence-electron chi connectivity index (χ1n) is 5.47. The fraction of sp³-hybridized carbons (Fsp3) is 0.667. The lowest BCUT2D eigenvalue weighted by Crippen LogP contribution is -2.26. The average molecular weight is 322 g/mol. The minimum atomic E-state index is -3.63. The Morgan fingerprint density at radius 3 is 1.15 bits per heavy atom. The van der Waals surface area contributed by atoms with Crippen LogP contribution in [0, 0.1) is 23.7 Å². The van der Waals surface area contributed by atoms with Crippen molar-refractivity contribution in [3.05, 3.63) is 0 Å². The van der Waals surface area contributed by atoms with Crippen LogP contribution in [0.2, 0.25) is 0 Å². The molecule has 0 radical (unpaired) electrons. The Morgan fingerprint density at radius 2 is 0.950 bits per heavy atom. The highest BCUT2D eigenvalue weighted by Crippen LogP contribution is 2.11. The van der Waals surface area contributed by atoms with E-state index in [1.807, 2.05) is 0 Å². The summed E-state index contributed by atoms with van der Waals surface area (Å²) in [6.07, 6.45) is 1.84. The molecule has 0 aliphatic carbocycles. The van der Waals surface area contributed by atoms with Crippen molar-refractivity contribution in [2.24, 2.45) is 0 Å². The van der Waals surface area contributed by atoms with Crippen LogP contribution in [-0.4, -0.2) is 40.5 Å². The molecule has 0 atom stereocenters. The first-order valence-corrected chi connectivity index (χ1v) is 9.11. The second kappa shape index (κ2) is 6.15. The minimum absolute atomic E-state index is 0.922. The van der Waals surface area contributed by atoms with Gasteiger partial charge < -0.3 is 0 Å². The summed E-state index contributed by atoms with van der Waals surface area (Å²) in [7, 11) is -7.25. The van der Waals surface area contributed by atoms with Crippen LogP contribution < -0.4 is 0 Å². The lowest BCUT2D eigenvalue weighted by atomic mass is 10.1. The van der Waals surface area contributed by atoms with Crippen LogP contribution in [0.4, 0.5) is 0 Å². The highest BCUT2D eigenvalue weighted by atomic mass is 32.2. The Labute approximate surface area is 121 Å². The van der Waals surface area contributed by atoms with Gasteiger partial charge in [-0.05, 0) is 39.5 Å². The van der Waals surface area contributed by atoms with E-state index in [1.54, 1.807) is 0 Å². The van der Waals surface area contributed by atoms with E-state index in [1.165, 1.54) is 27.7 Å². The van der Waals surface area contributed by atoms with Crippen LogP contribution in [0.15, 0.2) is 0 Å². The van der Waals surface area contributed by atoms with E-state index in [4.69, 9.17) is 8.37 Å². The van der Waals surface area contributed by atoms with Gasteiger partial charge in [-0.3, -0.25) is 8.37 Å². The molecule has 114 valence electrons. The maximum atomic E-state index is 11.0. The molecule has 0 spiro atoms. The number of hydrogen-bond acceptors (Lipinski definition) is 6. The molecule has 0 unspecified atom stereocenters. The third-order valence-electron chi connectivity index (χ3n) is 1.51. The Balaban J connectivity index is 4.98. The highest BCUT2D eigenvalue weighted by Gasteiger charge is 2.22. The molecule has 20 heavy (non-hydrogen) atoms. The van der Waals surface area contributed by atoms with Gasteiger partial charge in [0.2, 0.25) is 0 Å². The largest absolute Gasteiger partial charge is 0.265 e. The SMILES string of the molecule is CC(C)(C#CC#CC(C)(C)OS(C)(=O)=O)OS(C)(=O)=O. The molecular formula is C12H18O6S2. The third kappa shape index (κ3) is 10.8. The second-order valence-electron chi connectivity index (χ2n) is 5.10. The molecule has 0 aliphatic rings. The van der Waals surface area contributed by atoms with E-state index in [-0.39, 0.29) is 0 Å². The van der Waals surface area contributed by atoms with Crippen molar-refractivity contribution < 1.29 is 25.2 Å². The summed E-state index contributed by atoms with van der Waals surface area (Å²) < 4.78 is 53.4. The Bertz CT molecular complexity index is 614. The molecule has 0 N–H and O–H groups in total. The summed E-state index contributed by atoms with van der Waals surface area (Å²) in [6, 6.07) is 0. The molecule has 0 aromatic carbocycles. The van der Waals surface area contributed by atoms with E-state index in [0.717, 1.165) is 12.5 Å². The molecule has 6 nitrogen and oxygen atoms in total. The number of hydrogen-bond donors (Lipinski definition) is 0. The summed E-state index contributed by atoms with van der Waals surface area (Å²) in [4.78, 5) is 0. The zero-order valence-corrected chi connectivity index (χ0v) is 13.9. The average Bonchev–Trinajstić information content (AvgIpc) is 2.04. The Morgan fingerprint density at radius 1 is 0.700 bits per heavy atom. The fourth-order valence-electron chi connectivity index (χ4n) is 1.16. The van der Waals surface area contributed by atoms with Crippen LogP contribution in [0.3, 0.4) is 0 Å². The standard InChI is InChI=1S/C12H18O6S2/c1-11(2,17-19(5,13)14)9-7-8-10-12(3,4)18-20(6,15)16/h1-6H3. The van der Waals surface area contributed by atoms with Crippen LogP contribution >= 0.6 is 0 Å². The lowest BCUT2D eigenvalue weighted by Gasteiger charge is -2.16.